The highest BCUT2D eigenvalue weighted by Crippen LogP contribution is 2.11. The molecule has 7 nitrogen and oxygen atoms in total. The average molecular weight is 374 g/mol. The Labute approximate surface area is 161 Å². The number of piperazine rings is 2. The lowest BCUT2D eigenvalue weighted by Gasteiger charge is -2.32. The Morgan fingerprint density at radius 1 is 1.07 bits per heavy atom. The van der Waals surface area contributed by atoms with Gasteiger partial charge in [0.2, 0.25) is 11.8 Å². The van der Waals surface area contributed by atoms with E-state index < -0.39 is 0 Å². The summed E-state index contributed by atoms with van der Waals surface area (Å²) < 4.78 is 0. The zero-order chi connectivity index (χ0) is 19.2. The summed E-state index contributed by atoms with van der Waals surface area (Å²) in [6.07, 6.45) is 0. The average Bonchev–Trinajstić information content (AvgIpc) is 2.67. The molecule has 0 radical (unpaired) electrons. The maximum absolute atomic E-state index is 12.4. The first kappa shape index (κ1) is 19.8. The van der Waals surface area contributed by atoms with Crippen LogP contribution in [0.5, 0.6) is 0 Å². The van der Waals surface area contributed by atoms with Crippen LogP contribution in [-0.2, 0) is 22.7 Å². The van der Waals surface area contributed by atoms with Crippen molar-refractivity contribution in [1.29, 1.82) is 0 Å². The lowest BCUT2D eigenvalue weighted by Crippen LogP contribution is -2.51. The third-order valence-electron chi connectivity index (χ3n) is 5.38. The number of likely N-dealkylation sites (N-methyl/N-ethyl adjacent to an activating group) is 2. The van der Waals surface area contributed by atoms with Crippen LogP contribution in [0.25, 0.3) is 0 Å². The number of hydrogen-bond donors (Lipinski definition) is 1. The molecule has 0 unspecified atom stereocenters. The van der Waals surface area contributed by atoms with Gasteiger partial charge in [-0.05, 0) is 18.2 Å². The summed E-state index contributed by atoms with van der Waals surface area (Å²) in [5, 5.41) is 3.02. The molecule has 2 fully saturated rings. The van der Waals surface area contributed by atoms with Crippen LogP contribution < -0.4 is 5.32 Å². The minimum Gasteiger partial charge on any atom is -0.340 e. The molecule has 0 aromatic heterocycles. The third kappa shape index (κ3) is 5.76. The maximum Gasteiger partial charge on any atom is 0.242 e. The summed E-state index contributed by atoms with van der Waals surface area (Å²) in [7, 11) is 3.97. The standard InChI is InChI=1S/C20H31N5O2/c1-22-9-11-24(12-10-22)15-18-5-3-17(4-6-18)14-23(2)20(27)16-25-8-7-21-13-19(25)26/h3-6,21H,7-16H2,1-2H3. The second kappa shape index (κ2) is 9.30. The zero-order valence-corrected chi connectivity index (χ0v) is 16.5. The summed E-state index contributed by atoms with van der Waals surface area (Å²) in [6, 6.07) is 8.52. The van der Waals surface area contributed by atoms with Crippen LogP contribution in [0.2, 0.25) is 0 Å². The molecule has 1 aromatic rings. The molecule has 2 amide bonds. The van der Waals surface area contributed by atoms with Crippen molar-refractivity contribution in [2.45, 2.75) is 13.1 Å². The van der Waals surface area contributed by atoms with Crippen molar-refractivity contribution < 1.29 is 9.59 Å². The summed E-state index contributed by atoms with van der Waals surface area (Å²) in [5.41, 5.74) is 2.42. The molecule has 7 heteroatoms. The molecule has 0 spiro atoms. The van der Waals surface area contributed by atoms with Crippen molar-refractivity contribution in [3.8, 4) is 0 Å². The lowest BCUT2D eigenvalue weighted by atomic mass is 10.1. The van der Waals surface area contributed by atoms with Gasteiger partial charge in [0, 0.05) is 59.4 Å². The van der Waals surface area contributed by atoms with Gasteiger partial charge in [-0.2, -0.15) is 0 Å². The third-order valence-corrected chi connectivity index (χ3v) is 5.38. The number of rotatable bonds is 6. The van der Waals surface area contributed by atoms with Crippen molar-refractivity contribution in [3.63, 3.8) is 0 Å². The van der Waals surface area contributed by atoms with E-state index in [2.05, 4.69) is 46.4 Å². The van der Waals surface area contributed by atoms with Gasteiger partial charge in [-0.25, -0.2) is 0 Å². The molecule has 27 heavy (non-hydrogen) atoms. The molecule has 2 aliphatic heterocycles. The summed E-state index contributed by atoms with van der Waals surface area (Å²) >= 11 is 0. The van der Waals surface area contributed by atoms with E-state index in [1.807, 2.05) is 0 Å². The Balaban J connectivity index is 1.47. The Kier molecular flexibility index (Phi) is 6.82. The van der Waals surface area contributed by atoms with Gasteiger partial charge < -0.3 is 20.0 Å². The molecule has 0 aliphatic carbocycles. The van der Waals surface area contributed by atoms with Gasteiger partial charge in [-0.15, -0.1) is 0 Å². The fourth-order valence-electron chi connectivity index (χ4n) is 3.47. The fraction of sp³-hybridized carbons (Fsp3) is 0.600. The highest BCUT2D eigenvalue weighted by Gasteiger charge is 2.22. The van der Waals surface area contributed by atoms with Gasteiger partial charge in [-0.3, -0.25) is 14.5 Å². The first-order chi connectivity index (χ1) is 13.0. The molecule has 2 heterocycles. The molecule has 0 atom stereocenters. The lowest BCUT2D eigenvalue weighted by molar-refractivity contribution is -0.140. The highest BCUT2D eigenvalue weighted by molar-refractivity contribution is 5.86. The highest BCUT2D eigenvalue weighted by atomic mass is 16.2. The van der Waals surface area contributed by atoms with Crippen molar-refractivity contribution >= 4 is 11.8 Å². The maximum atomic E-state index is 12.4. The number of carbonyl (C=O) groups is 2. The van der Waals surface area contributed by atoms with Gasteiger partial charge in [0.25, 0.3) is 0 Å². The van der Waals surface area contributed by atoms with E-state index in [0.717, 1.165) is 44.8 Å². The quantitative estimate of drug-likeness (QED) is 0.750. The van der Waals surface area contributed by atoms with Crippen LogP contribution in [-0.4, -0.2) is 97.9 Å². The predicted octanol–water partition coefficient (Wildman–Crippen LogP) is -0.176. The van der Waals surface area contributed by atoms with Gasteiger partial charge in [0.1, 0.15) is 0 Å². The Hall–Kier alpha value is -1.96. The molecule has 1 aromatic carbocycles. The van der Waals surface area contributed by atoms with Crippen molar-refractivity contribution in [1.82, 2.24) is 24.9 Å². The van der Waals surface area contributed by atoms with E-state index in [1.165, 1.54) is 5.56 Å². The second-order valence-electron chi connectivity index (χ2n) is 7.64. The van der Waals surface area contributed by atoms with Crippen molar-refractivity contribution in [2.75, 3.05) is 66.5 Å². The van der Waals surface area contributed by atoms with E-state index in [0.29, 0.717) is 19.6 Å². The van der Waals surface area contributed by atoms with Crippen LogP contribution >= 0.6 is 0 Å². The second-order valence-corrected chi connectivity index (χ2v) is 7.64. The van der Waals surface area contributed by atoms with E-state index in [-0.39, 0.29) is 18.4 Å². The largest absolute Gasteiger partial charge is 0.340 e. The molecule has 3 rings (SSSR count). The minimum atomic E-state index is -0.0215. The van der Waals surface area contributed by atoms with E-state index in [9.17, 15) is 9.59 Å². The SMILES string of the molecule is CN1CCN(Cc2ccc(CN(C)C(=O)CN3CCNCC3=O)cc2)CC1. The van der Waals surface area contributed by atoms with Crippen LogP contribution in [0, 0.1) is 0 Å². The van der Waals surface area contributed by atoms with Crippen LogP contribution in [0.15, 0.2) is 24.3 Å². The molecular formula is C20H31N5O2. The van der Waals surface area contributed by atoms with Gasteiger partial charge >= 0.3 is 0 Å². The molecule has 148 valence electrons. The molecular weight excluding hydrogens is 342 g/mol. The molecule has 0 saturated carbocycles. The first-order valence-electron chi connectivity index (χ1n) is 9.72. The number of benzene rings is 1. The number of carbonyl (C=O) groups excluding carboxylic acids is 2. The van der Waals surface area contributed by atoms with Crippen LogP contribution in [0.1, 0.15) is 11.1 Å². The Bertz CT molecular complexity index is 640. The summed E-state index contributed by atoms with van der Waals surface area (Å²) in [5.74, 6) is -0.0250. The van der Waals surface area contributed by atoms with Gasteiger partial charge in [0.15, 0.2) is 0 Å². The number of amides is 2. The predicted molar refractivity (Wildman–Crippen MR) is 105 cm³/mol. The minimum absolute atomic E-state index is 0.00346. The Morgan fingerprint density at radius 2 is 1.74 bits per heavy atom. The van der Waals surface area contributed by atoms with E-state index in [4.69, 9.17) is 0 Å². The summed E-state index contributed by atoms with van der Waals surface area (Å²) in [4.78, 5) is 32.4. The fourth-order valence-corrected chi connectivity index (χ4v) is 3.47. The van der Waals surface area contributed by atoms with Crippen molar-refractivity contribution in [3.05, 3.63) is 35.4 Å². The topological polar surface area (TPSA) is 59.1 Å². The van der Waals surface area contributed by atoms with Crippen molar-refractivity contribution in [2.24, 2.45) is 0 Å². The monoisotopic (exact) mass is 373 g/mol. The molecule has 1 N–H and O–H groups in total. The van der Waals surface area contributed by atoms with Crippen LogP contribution in [0.4, 0.5) is 0 Å². The summed E-state index contributed by atoms with van der Waals surface area (Å²) in [6.45, 7) is 7.85. The molecule has 0 bridgehead atoms. The normalized spacial score (nSPS) is 19.3. The molecule has 2 aliphatic rings. The number of nitrogens with one attached hydrogen (secondary N) is 1. The van der Waals surface area contributed by atoms with Gasteiger partial charge in [-0.1, -0.05) is 24.3 Å². The number of hydrogen-bond acceptors (Lipinski definition) is 5. The van der Waals surface area contributed by atoms with Gasteiger partial charge in [0.05, 0.1) is 13.1 Å². The van der Waals surface area contributed by atoms with E-state index >= 15 is 0 Å². The molecule has 2 saturated heterocycles. The Morgan fingerprint density at radius 3 is 2.41 bits per heavy atom. The number of nitrogens with zero attached hydrogens (tertiary/aromatic N) is 4. The first-order valence-corrected chi connectivity index (χ1v) is 9.72. The zero-order valence-electron chi connectivity index (χ0n) is 16.5. The smallest absolute Gasteiger partial charge is 0.242 e. The van der Waals surface area contributed by atoms with E-state index in [1.54, 1.807) is 16.8 Å². The van der Waals surface area contributed by atoms with Crippen LogP contribution in [0.3, 0.4) is 0 Å².